The van der Waals surface area contributed by atoms with Crippen LogP contribution >= 0.6 is 0 Å². The Morgan fingerprint density at radius 1 is 1.30 bits per heavy atom. The highest BCUT2D eigenvalue weighted by atomic mass is 19.1. The molecule has 2 aromatic heterocycles. The van der Waals surface area contributed by atoms with E-state index in [9.17, 15) is 14.0 Å². The van der Waals surface area contributed by atoms with Crippen molar-refractivity contribution >= 4 is 11.6 Å². The predicted molar refractivity (Wildman–Crippen MR) is 97.8 cm³/mol. The Labute approximate surface area is 154 Å². The van der Waals surface area contributed by atoms with Crippen LogP contribution in [0.2, 0.25) is 0 Å². The lowest BCUT2D eigenvalue weighted by Crippen LogP contribution is -2.26. The van der Waals surface area contributed by atoms with E-state index in [2.05, 4.69) is 15.5 Å². The number of halogens is 1. The van der Waals surface area contributed by atoms with Crippen molar-refractivity contribution in [1.29, 1.82) is 0 Å². The van der Waals surface area contributed by atoms with E-state index in [1.165, 1.54) is 22.9 Å². The van der Waals surface area contributed by atoms with Gasteiger partial charge in [-0.05, 0) is 30.7 Å². The third kappa shape index (κ3) is 4.28. The molecule has 0 saturated heterocycles. The van der Waals surface area contributed by atoms with Crippen LogP contribution in [0, 0.1) is 12.7 Å². The molecule has 0 atom stereocenters. The summed E-state index contributed by atoms with van der Waals surface area (Å²) in [4.78, 5) is 28.6. The monoisotopic (exact) mass is 370 g/mol. The average molecular weight is 370 g/mol. The minimum Gasteiger partial charge on any atom is -0.334 e. The molecular weight excluding hydrogens is 351 g/mol. The van der Waals surface area contributed by atoms with Crippen molar-refractivity contribution in [2.45, 2.75) is 33.2 Å². The zero-order chi connectivity index (χ0) is 19.6. The third-order valence-electron chi connectivity index (χ3n) is 3.96. The summed E-state index contributed by atoms with van der Waals surface area (Å²) in [7, 11) is 0. The highest BCUT2D eigenvalue weighted by Crippen LogP contribution is 2.19. The quantitative estimate of drug-likeness (QED) is 0.745. The molecule has 1 amide bonds. The van der Waals surface area contributed by atoms with Gasteiger partial charge in [0.15, 0.2) is 5.82 Å². The number of aryl methyl sites for hydroxylation is 1. The maximum Gasteiger partial charge on any atom is 0.259 e. The fourth-order valence-corrected chi connectivity index (χ4v) is 2.39. The first-order valence-corrected chi connectivity index (χ1v) is 8.44. The lowest BCUT2D eigenvalue weighted by atomic mass is 10.2. The molecule has 7 nitrogen and oxygen atoms in total. The molecule has 0 aliphatic rings. The summed E-state index contributed by atoms with van der Waals surface area (Å²) in [5.41, 5.74) is 0.985. The Balaban J connectivity index is 1.78. The van der Waals surface area contributed by atoms with Crippen LogP contribution in [0.4, 0.5) is 10.1 Å². The number of nitrogens with one attached hydrogen (secondary N) is 1. The van der Waals surface area contributed by atoms with Crippen molar-refractivity contribution in [1.82, 2.24) is 14.7 Å². The minimum absolute atomic E-state index is 0.106. The van der Waals surface area contributed by atoms with Crippen LogP contribution in [-0.4, -0.2) is 20.6 Å². The van der Waals surface area contributed by atoms with Gasteiger partial charge in [0, 0.05) is 23.9 Å². The van der Waals surface area contributed by atoms with Gasteiger partial charge in [0.1, 0.15) is 12.4 Å². The van der Waals surface area contributed by atoms with Crippen molar-refractivity contribution in [3.8, 4) is 11.5 Å². The summed E-state index contributed by atoms with van der Waals surface area (Å²) in [6.07, 6.45) is 1.48. The number of nitrogens with zero attached hydrogens (tertiary/aromatic N) is 3. The SMILES string of the molecule is Cc1ccc(NC(=O)Cn2cc(-c3nc(C(C)C)no3)ccc2=O)cc1F. The van der Waals surface area contributed by atoms with Gasteiger partial charge in [0.05, 0.1) is 5.56 Å². The van der Waals surface area contributed by atoms with Gasteiger partial charge in [0.2, 0.25) is 5.91 Å². The number of rotatable bonds is 5. The van der Waals surface area contributed by atoms with Gasteiger partial charge in [-0.1, -0.05) is 25.1 Å². The van der Waals surface area contributed by atoms with Crippen LogP contribution < -0.4 is 10.9 Å². The molecule has 140 valence electrons. The van der Waals surface area contributed by atoms with Crippen molar-refractivity contribution in [3.05, 3.63) is 64.1 Å². The van der Waals surface area contributed by atoms with E-state index in [-0.39, 0.29) is 23.9 Å². The van der Waals surface area contributed by atoms with Gasteiger partial charge in [0.25, 0.3) is 11.4 Å². The summed E-state index contributed by atoms with van der Waals surface area (Å²) in [5.74, 6) is 0.0691. The van der Waals surface area contributed by atoms with E-state index in [0.29, 0.717) is 22.6 Å². The first-order chi connectivity index (χ1) is 12.8. The largest absolute Gasteiger partial charge is 0.334 e. The molecule has 1 aromatic carbocycles. The van der Waals surface area contributed by atoms with Gasteiger partial charge >= 0.3 is 0 Å². The second-order valence-electron chi connectivity index (χ2n) is 6.51. The van der Waals surface area contributed by atoms with E-state index in [1.54, 1.807) is 25.1 Å². The van der Waals surface area contributed by atoms with E-state index >= 15 is 0 Å². The number of amides is 1. The van der Waals surface area contributed by atoms with E-state index < -0.39 is 11.7 Å². The second-order valence-corrected chi connectivity index (χ2v) is 6.51. The molecule has 0 fully saturated rings. The topological polar surface area (TPSA) is 90.0 Å². The molecule has 0 aliphatic carbocycles. The lowest BCUT2D eigenvalue weighted by molar-refractivity contribution is -0.116. The zero-order valence-electron chi connectivity index (χ0n) is 15.2. The minimum atomic E-state index is -0.453. The lowest BCUT2D eigenvalue weighted by Gasteiger charge is -2.09. The van der Waals surface area contributed by atoms with Gasteiger partial charge in [-0.25, -0.2) is 4.39 Å². The third-order valence-corrected chi connectivity index (χ3v) is 3.96. The fraction of sp³-hybridized carbons (Fsp3) is 0.263. The van der Waals surface area contributed by atoms with E-state index in [0.717, 1.165) is 0 Å². The Kier molecular flexibility index (Phi) is 5.16. The standard InChI is InChI=1S/C19H19FN4O3/c1-11(2)18-22-19(27-23-18)13-5-7-17(26)24(9-13)10-16(25)21-14-6-4-12(3)15(20)8-14/h4-9,11H,10H2,1-3H3,(H,21,25). The number of hydrogen-bond acceptors (Lipinski definition) is 5. The first-order valence-electron chi connectivity index (χ1n) is 8.44. The molecule has 2 heterocycles. The molecule has 3 aromatic rings. The average Bonchev–Trinajstić information content (AvgIpc) is 3.10. The summed E-state index contributed by atoms with van der Waals surface area (Å²) in [6, 6.07) is 7.29. The van der Waals surface area contributed by atoms with Crippen LogP contribution in [0.15, 0.2) is 45.8 Å². The molecule has 0 spiro atoms. The summed E-state index contributed by atoms with van der Waals surface area (Å²) < 4.78 is 20.0. The Morgan fingerprint density at radius 3 is 2.74 bits per heavy atom. The highest BCUT2D eigenvalue weighted by Gasteiger charge is 2.13. The highest BCUT2D eigenvalue weighted by molar-refractivity contribution is 5.90. The molecular formula is C19H19FN4O3. The smallest absolute Gasteiger partial charge is 0.259 e. The number of aromatic nitrogens is 3. The predicted octanol–water partition coefficient (Wildman–Crippen LogP) is 3.11. The molecule has 0 aliphatic heterocycles. The van der Waals surface area contributed by atoms with Crippen LogP contribution in [0.5, 0.6) is 0 Å². The Bertz CT molecular complexity index is 1040. The van der Waals surface area contributed by atoms with Crippen LogP contribution in [0.3, 0.4) is 0 Å². The van der Waals surface area contributed by atoms with Crippen LogP contribution in [-0.2, 0) is 11.3 Å². The number of hydrogen-bond donors (Lipinski definition) is 1. The first kappa shape index (κ1) is 18.5. The second kappa shape index (κ2) is 7.53. The molecule has 0 bridgehead atoms. The molecule has 27 heavy (non-hydrogen) atoms. The van der Waals surface area contributed by atoms with E-state index in [1.807, 2.05) is 13.8 Å². The molecule has 3 rings (SSSR count). The van der Waals surface area contributed by atoms with Crippen LogP contribution in [0.1, 0.15) is 31.2 Å². The van der Waals surface area contributed by atoms with Gasteiger partial charge in [-0.15, -0.1) is 0 Å². The molecule has 1 N–H and O–H groups in total. The van der Waals surface area contributed by atoms with Crippen molar-refractivity contribution < 1.29 is 13.7 Å². The summed E-state index contributed by atoms with van der Waals surface area (Å²) in [6.45, 7) is 5.28. The van der Waals surface area contributed by atoms with Crippen molar-refractivity contribution in [3.63, 3.8) is 0 Å². The number of anilines is 1. The number of carbonyl (C=O) groups is 1. The normalized spacial score (nSPS) is 11.0. The van der Waals surface area contributed by atoms with Crippen molar-refractivity contribution in [2.24, 2.45) is 0 Å². The number of pyridine rings is 1. The fourth-order valence-electron chi connectivity index (χ4n) is 2.39. The van der Waals surface area contributed by atoms with Crippen LogP contribution in [0.25, 0.3) is 11.5 Å². The van der Waals surface area contributed by atoms with Crippen molar-refractivity contribution in [2.75, 3.05) is 5.32 Å². The molecule has 0 unspecified atom stereocenters. The van der Waals surface area contributed by atoms with E-state index in [4.69, 9.17) is 4.52 Å². The Morgan fingerprint density at radius 2 is 2.07 bits per heavy atom. The molecule has 0 saturated carbocycles. The van der Waals surface area contributed by atoms with Gasteiger partial charge in [-0.3, -0.25) is 9.59 Å². The maximum absolute atomic E-state index is 13.6. The summed E-state index contributed by atoms with van der Waals surface area (Å²) >= 11 is 0. The maximum atomic E-state index is 13.6. The molecule has 8 heteroatoms. The number of carbonyl (C=O) groups excluding carboxylic acids is 1. The Hall–Kier alpha value is -3.29. The number of benzene rings is 1. The van der Waals surface area contributed by atoms with Gasteiger partial charge < -0.3 is 14.4 Å². The van der Waals surface area contributed by atoms with Gasteiger partial charge in [-0.2, -0.15) is 4.98 Å². The molecule has 0 radical (unpaired) electrons. The zero-order valence-corrected chi connectivity index (χ0v) is 15.2. The summed E-state index contributed by atoms with van der Waals surface area (Å²) in [5, 5.41) is 6.46.